The molecule has 3 nitrogen and oxygen atoms in total. The number of anilines is 1. The lowest BCUT2D eigenvalue weighted by atomic mass is 10.2. The van der Waals surface area contributed by atoms with Gasteiger partial charge in [-0.2, -0.15) is 0 Å². The van der Waals surface area contributed by atoms with Gasteiger partial charge in [-0.3, -0.25) is 9.78 Å². The number of halogens is 1. The third-order valence-electron chi connectivity index (χ3n) is 2.22. The molecule has 0 unspecified atom stereocenters. The van der Waals surface area contributed by atoms with Crippen LogP contribution in [-0.4, -0.2) is 10.9 Å². The van der Waals surface area contributed by atoms with Gasteiger partial charge in [0.25, 0.3) is 0 Å². The van der Waals surface area contributed by atoms with Crippen molar-refractivity contribution < 1.29 is 9.18 Å². The minimum Gasteiger partial charge on any atom is -0.326 e. The molecule has 0 bridgehead atoms. The number of benzene rings is 1. The number of pyridine rings is 1. The quantitative estimate of drug-likeness (QED) is 0.879. The van der Waals surface area contributed by atoms with Gasteiger partial charge in [0, 0.05) is 18.1 Å². The Balaban J connectivity index is 1.98. The van der Waals surface area contributed by atoms with Crippen LogP contribution in [-0.2, 0) is 11.2 Å². The Kier molecular flexibility index (Phi) is 3.45. The highest BCUT2D eigenvalue weighted by molar-refractivity contribution is 5.92. The summed E-state index contributed by atoms with van der Waals surface area (Å²) in [4.78, 5) is 15.5. The largest absolute Gasteiger partial charge is 0.326 e. The number of nitrogens with zero attached hydrogens (tertiary/aromatic N) is 1. The highest BCUT2D eigenvalue weighted by Crippen LogP contribution is 2.09. The molecule has 1 N–H and O–H groups in total. The van der Waals surface area contributed by atoms with Crippen molar-refractivity contribution in [1.82, 2.24) is 4.98 Å². The molecule has 2 rings (SSSR count). The molecule has 0 spiro atoms. The fourth-order valence-electron chi connectivity index (χ4n) is 1.46. The van der Waals surface area contributed by atoms with Crippen molar-refractivity contribution in [3.8, 4) is 0 Å². The van der Waals surface area contributed by atoms with Crippen molar-refractivity contribution in [2.75, 3.05) is 5.32 Å². The van der Waals surface area contributed by atoms with Gasteiger partial charge in [-0.05, 0) is 35.9 Å². The molecule has 0 atom stereocenters. The van der Waals surface area contributed by atoms with Crippen LogP contribution in [0.15, 0.2) is 48.8 Å². The average molecular weight is 230 g/mol. The molecule has 0 radical (unpaired) electrons. The molecule has 0 fully saturated rings. The summed E-state index contributed by atoms with van der Waals surface area (Å²) in [5, 5.41) is 2.63. The first-order valence-corrected chi connectivity index (χ1v) is 5.18. The Hall–Kier alpha value is -2.23. The van der Waals surface area contributed by atoms with Crippen LogP contribution < -0.4 is 5.32 Å². The van der Waals surface area contributed by atoms with Crippen LogP contribution in [0.25, 0.3) is 0 Å². The van der Waals surface area contributed by atoms with E-state index < -0.39 is 0 Å². The predicted octanol–water partition coefficient (Wildman–Crippen LogP) is 2.40. The zero-order chi connectivity index (χ0) is 12.1. The van der Waals surface area contributed by atoms with Gasteiger partial charge in [0.1, 0.15) is 5.82 Å². The molecule has 1 heterocycles. The summed E-state index contributed by atoms with van der Waals surface area (Å²) in [6.07, 6.45) is 3.51. The van der Waals surface area contributed by atoms with Gasteiger partial charge in [0.15, 0.2) is 0 Å². The van der Waals surface area contributed by atoms with Crippen molar-refractivity contribution in [3.05, 3.63) is 60.2 Å². The molecular weight excluding hydrogens is 219 g/mol. The maximum atomic E-state index is 12.9. The Labute approximate surface area is 98.3 Å². The second kappa shape index (κ2) is 5.21. The van der Waals surface area contributed by atoms with E-state index in [1.807, 2.05) is 0 Å². The summed E-state index contributed by atoms with van der Waals surface area (Å²) < 4.78 is 12.9. The first-order valence-electron chi connectivity index (χ1n) is 5.18. The monoisotopic (exact) mass is 230 g/mol. The van der Waals surface area contributed by atoms with Crippen molar-refractivity contribution in [2.45, 2.75) is 6.42 Å². The molecule has 86 valence electrons. The molecule has 1 aromatic heterocycles. The van der Waals surface area contributed by atoms with Gasteiger partial charge < -0.3 is 5.32 Å². The Morgan fingerprint density at radius 1 is 1.24 bits per heavy atom. The van der Waals surface area contributed by atoms with E-state index in [4.69, 9.17) is 0 Å². The van der Waals surface area contributed by atoms with Crippen LogP contribution in [0.3, 0.4) is 0 Å². The van der Waals surface area contributed by atoms with Crippen LogP contribution in [0.1, 0.15) is 5.56 Å². The second-order valence-corrected chi connectivity index (χ2v) is 3.59. The SMILES string of the molecule is O=C(Cc1ccncc1)Nc1cccc(F)c1. The molecule has 0 aliphatic rings. The molecule has 0 saturated heterocycles. The maximum Gasteiger partial charge on any atom is 0.228 e. The van der Waals surface area contributed by atoms with Crippen LogP contribution >= 0.6 is 0 Å². The molecule has 4 heteroatoms. The van der Waals surface area contributed by atoms with E-state index in [1.165, 1.54) is 12.1 Å². The Bertz CT molecular complexity index is 514. The molecule has 2 aromatic rings. The van der Waals surface area contributed by atoms with E-state index >= 15 is 0 Å². The Morgan fingerprint density at radius 2 is 2.00 bits per heavy atom. The summed E-state index contributed by atoms with van der Waals surface area (Å²) >= 11 is 0. The van der Waals surface area contributed by atoms with Crippen LogP contribution in [0.5, 0.6) is 0 Å². The summed E-state index contributed by atoms with van der Waals surface area (Å²) in [5.41, 5.74) is 1.33. The number of carbonyl (C=O) groups excluding carboxylic acids is 1. The van der Waals surface area contributed by atoms with E-state index in [2.05, 4.69) is 10.3 Å². The number of aromatic nitrogens is 1. The minimum absolute atomic E-state index is 0.179. The molecule has 0 aliphatic carbocycles. The zero-order valence-corrected chi connectivity index (χ0v) is 9.06. The minimum atomic E-state index is -0.369. The smallest absolute Gasteiger partial charge is 0.228 e. The first-order chi connectivity index (χ1) is 8.24. The first kappa shape index (κ1) is 11.3. The molecule has 17 heavy (non-hydrogen) atoms. The summed E-state index contributed by atoms with van der Waals surface area (Å²) in [7, 11) is 0. The molecule has 1 aromatic carbocycles. The van der Waals surface area contributed by atoms with Gasteiger partial charge in [0.05, 0.1) is 6.42 Å². The summed E-state index contributed by atoms with van der Waals surface area (Å²) in [6.45, 7) is 0. The zero-order valence-electron chi connectivity index (χ0n) is 9.06. The third kappa shape index (κ3) is 3.38. The second-order valence-electron chi connectivity index (χ2n) is 3.59. The van der Waals surface area contributed by atoms with E-state index in [0.717, 1.165) is 5.56 Å². The van der Waals surface area contributed by atoms with Gasteiger partial charge in [0.2, 0.25) is 5.91 Å². The molecular formula is C13H11FN2O. The lowest BCUT2D eigenvalue weighted by molar-refractivity contribution is -0.115. The molecule has 1 amide bonds. The molecule has 0 saturated carbocycles. The highest BCUT2D eigenvalue weighted by Gasteiger charge is 2.04. The van der Waals surface area contributed by atoms with Crippen molar-refractivity contribution in [3.63, 3.8) is 0 Å². The standard InChI is InChI=1S/C13H11FN2O/c14-11-2-1-3-12(9-11)16-13(17)8-10-4-6-15-7-5-10/h1-7,9H,8H2,(H,16,17). The van der Waals surface area contributed by atoms with Crippen LogP contribution in [0.2, 0.25) is 0 Å². The Morgan fingerprint density at radius 3 is 2.71 bits per heavy atom. The predicted molar refractivity (Wildman–Crippen MR) is 63.0 cm³/mol. The van der Waals surface area contributed by atoms with E-state index in [9.17, 15) is 9.18 Å². The summed E-state index contributed by atoms with van der Waals surface area (Å²) in [6, 6.07) is 9.35. The normalized spacial score (nSPS) is 9.94. The van der Waals surface area contributed by atoms with Gasteiger partial charge >= 0.3 is 0 Å². The van der Waals surface area contributed by atoms with Crippen LogP contribution in [0.4, 0.5) is 10.1 Å². The van der Waals surface area contributed by atoms with E-state index in [-0.39, 0.29) is 18.1 Å². The highest BCUT2D eigenvalue weighted by atomic mass is 19.1. The van der Waals surface area contributed by atoms with Crippen molar-refractivity contribution in [2.24, 2.45) is 0 Å². The number of amides is 1. The van der Waals surface area contributed by atoms with Gasteiger partial charge in [-0.15, -0.1) is 0 Å². The van der Waals surface area contributed by atoms with Gasteiger partial charge in [-0.25, -0.2) is 4.39 Å². The third-order valence-corrected chi connectivity index (χ3v) is 2.22. The lowest BCUT2D eigenvalue weighted by Crippen LogP contribution is -2.14. The van der Waals surface area contributed by atoms with Crippen LogP contribution in [0, 0.1) is 5.82 Å². The number of carbonyl (C=O) groups is 1. The number of nitrogens with one attached hydrogen (secondary N) is 1. The maximum absolute atomic E-state index is 12.9. The number of rotatable bonds is 3. The van der Waals surface area contributed by atoms with Crippen molar-refractivity contribution >= 4 is 11.6 Å². The fourth-order valence-corrected chi connectivity index (χ4v) is 1.46. The number of hydrogen-bond donors (Lipinski definition) is 1. The lowest BCUT2D eigenvalue weighted by Gasteiger charge is -2.04. The summed E-state index contributed by atoms with van der Waals surface area (Å²) in [5.74, 6) is -0.548. The average Bonchev–Trinajstić information content (AvgIpc) is 2.30. The van der Waals surface area contributed by atoms with E-state index in [0.29, 0.717) is 5.69 Å². The van der Waals surface area contributed by atoms with E-state index in [1.54, 1.807) is 36.7 Å². The number of hydrogen-bond acceptors (Lipinski definition) is 2. The van der Waals surface area contributed by atoms with Gasteiger partial charge in [-0.1, -0.05) is 6.07 Å². The topological polar surface area (TPSA) is 42.0 Å². The molecule has 0 aliphatic heterocycles. The fraction of sp³-hybridized carbons (Fsp3) is 0.0769. The van der Waals surface area contributed by atoms with Crippen molar-refractivity contribution in [1.29, 1.82) is 0 Å².